The minimum absolute atomic E-state index is 0.0674. The molecule has 1 aliphatic rings. The number of rotatable bonds is 4. The minimum Gasteiger partial charge on any atom is -0.496 e. The van der Waals surface area contributed by atoms with Crippen LogP contribution in [0, 0.1) is 12.8 Å². The summed E-state index contributed by atoms with van der Waals surface area (Å²) in [4.78, 5) is 12.3. The SMILES string of the molecule is COc1ccc(C)cc1C(=O)NCC1CCCC(Cl)C1. The van der Waals surface area contributed by atoms with Crippen molar-refractivity contribution in [3.63, 3.8) is 0 Å². The number of carbonyl (C=O) groups excluding carboxylic acids is 1. The molecule has 0 saturated heterocycles. The second-order valence-corrected chi connectivity index (χ2v) is 6.16. The number of benzene rings is 1. The van der Waals surface area contributed by atoms with Crippen LogP contribution in [0.2, 0.25) is 0 Å². The van der Waals surface area contributed by atoms with E-state index < -0.39 is 0 Å². The van der Waals surface area contributed by atoms with Gasteiger partial charge in [-0.15, -0.1) is 11.6 Å². The van der Waals surface area contributed by atoms with Gasteiger partial charge in [-0.05, 0) is 44.2 Å². The van der Waals surface area contributed by atoms with Gasteiger partial charge >= 0.3 is 0 Å². The molecule has 20 heavy (non-hydrogen) atoms. The Labute approximate surface area is 125 Å². The van der Waals surface area contributed by atoms with Gasteiger partial charge in [0.15, 0.2) is 0 Å². The molecule has 2 unspecified atom stereocenters. The number of amides is 1. The summed E-state index contributed by atoms with van der Waals surface area (Å²) in [6.45, 7) is 2.66. The summed E-state index contributed by atoms with van der Waals surface area (Å²) in [5, 5.41) is 3.28. The molecule has 0 radical (unpaired) electrons. The van der Waals surface area contributed by atoms with Gasteiger partial charge in [0.25, 0.3) is 5.91 Å². The molecule has 4 heteroatoms. The first-order valence-corrected chi connectivity index (χ1v) is 7.60. The first kappa shape index (κ1) is 15.2. The predicted octanol–water partition coefficient (Wildman–Crippen LogP) is 3.53. The summed E-state index contributed by atoms with van der Waals surface area (Å²) >= 11 is 6.18. The molecule has 0 heterocycles. The molecular weight excluding hydrogens is 274 g/mol. The van der Waals surface area contributed by atoms with Crippen LogP contribution in [0.1, 0.15) is 41.6 Å². The zero-order chi connectivity index (χ0) is 14.5. The maximum Gasteiger partial charge on any atom is 0.255 e. The summed E-state index contributed by atoms with van der Waals surface area (Å²) in [5.41, 5.74) is 1.65. The second kappa shape index (κ2) is 6.98. The number of hydrogen-bond donors (Lipinski definition) is 1. The standard InChI is InChI=1S/C16H22ClNO2/c1-11-6-7-15(20-2)14(8-11)16(19)18-10-12-4-3-5-13(17)9-12/h6-8,12-13H,3-5,9-10H2,1-2H3,(H,18,19). The summed E-state index contributed by atoms with van der Waals surface area (Å²) < 4.78 is 5.25. The molecule has 2 rings (SSSR count). The quantitative estimate of drug-likeness (QED) is 0.863. The molecule has 1 fully saturated rings. The van der Waals surface area contributed by atoms with Gasteiger partial charge in [-0.25, -0.2) is 0 Å². The number of ether oxygens (including phenoxy) is 1. The van der Waals surface area contributed by atoms with E-state index in [0.29, 0.717) is 23.8 Å². The smallest absolute Gasteiger partial charge is 0.255 e. The fourth-order valence-corrected chi connectivity index (χ4v) is 3.15. The Balaban J connectivity index is 1.96. The van der Waals surface area contributed by atoms with Gasteiger partial charge in [0.2, 0.25) is 0 Å². The number of hydrogen-bond acceptors (Lipinski definition) is 2. The molecule has 0 spiro atoms. The fourth-order valence-electron chi connectivity index (χ4n) is 2.74. The Morgan fingerprint density at radius 1 is 1.45 bits per heavy atom. The lowest BCUT2D eigenvalue weighted by Crippen LogP contribution is -2.32. The number of alkyl halides is 1. The Kier molecular flexibility index (Phi) is 5.30. The summed E-state index contributed by atoms with van der Waals surface area (Å²) in [5.74, 6) is 1.04. The van der Waals surface area contributed by atoms with E-state index in [1.807, 2.05) is 25.1 Å². The molecule has 3 nitrogen and oxygen atoms in total. The molecule has 0 aromatic heterocycles. The first-order chi connectivity index (χ1) is 9.60. The van der Waals surface area contributed by atoms with Crippen LogP contribution in [0.15, 0.2) is 18.2 Å². The zero-order valence-electron chi connectivity index (χ0n) is 12.1. The van der Waals surface area contributed by atoms with Crippen molar-refractivity contribution in [1.82, 2.24) is 5.32 Å². The molecule has 0 aliphatic heterocycles. The number of halogens is 1. The second-order valence-electron chi connectivity index (χ2n) is 5.54. The molecule has 1 N–H and O–H groups in total. The lowest BCUT2D eigenvalue weighted by molar-refractivity contribution is 0.0940. The molecule has 1 aliphatic carbocycles. The van der Waals surface area contributed by atoms with Crippen molar-refractivity contribution >= 4 is 17.5 Å². The Morgan fingerprint density at radius 2 is 2.25 bits per heavy atom. The Hall–Kier alpha value is -1.22. The topological polar surface area (TPSA) is 38.3 Å². The fraction of sp³-hybridized carbons (Fsp3) is 0.562. The van der Waals surface area contributed by atoms with Crippen molar-refractivity contribution in [1.29, 1.82) is 0 Å². The van der Waals surface area contributed by atoms with E-state index in [-0.39, 0.29) is 11.3 Å². The third-order valence-corrected chi connectivity index (χ3v) is 4.27. The molecular formula is C16H22ClNO2. The van der Waals surface area contributed by atoms with E-state index in [2.05, 4.69) is 5.32 Å². The van der Waals surface area contributed by atoms with Crippen molar-refractivity contribution in [3.05, 3.63) is 29.3 Å². The summed E-state index contributed by atoms with van der Waals surface area (Å²) in [6, 6.07) is 5.63. The molecule has 0 bridgehead atoms. The van der Waals surface area contributed by atoms with Gasteiger partial charge < -0.3 is 10.1 Å². The van der Waals surface area contributed by atoms with Crippen LogP contribution in [0.3, 0.4) is 0 Å². The summed E-state index contributed by atoms with van der Waals surface area (Å²) in [7, 11) is 1.58. The molecule has 2 atom stereocenters. The number of nitrogens with one attached hydrogen (secondary N) is 1. The number of aryl methyl sites for hydroxylation is 1. The third kappa shape index (κ3) is 3.89. The molecule has 110 valence electrons. The highest BCUT2D eigenvalue weighted by molar-refractivity contribution is 6.20. The van der Waals surface area contributed by atoms with Crippen molar-refractivity contribution in [2.75, 3.05) is 13.7 Å². The van der Waals surface area contributed by atoms with Gasteiger partial charge in [-0.2, -0.15) is 0 Å². The lowest BCUT2D eigenvalue weighted by Gasteiger charge is -2.25. The average Bonchev–Trinajstić information content (AvgIpc) is 2.45. The predicted molar refractivity (Wildman–Crippen MR) is 81.7 cm³/mol. The molecule has 1 aromatic carbocycles. The maximum absolute atomic E-state index is 12.3. The van der Waals surface area contributed by atoms with Crippen LogP contribution in [0.4, 0.5) is 0 Å². The molecule has 1 amide bonds. The van der Waals surface area contributed by atoms with Gasteiger partial charge in [-0.3, -0.25) is 4.79 Å². The van der Waals surface area contributed by atoms with E-state index in [0.717, 1.165) is 31.2 Å². The normalized spacial score (nSPS) is 22.4. The van der Waals surface area contributed by atoms with Crippen LogP contribution in [0.25, 0.3) is 0 Å². The maximum atomic E-state index is 12.3. The lowest BCUT2D eigenvalue weighted by atomic mass is 9.89. The van der Waals surface area contributed by atoms with Crippen LogP contribution in [-0.4, -0.2) is 24.9 Å². The van der Waals surface area contributed by atoms with E-state index in [9.17, 15) is 4.79 Å². The summed E-state index contributed by atoms with van der Waals surface area (Å²) in [6.07, 6.45) is 4.39. The highest BCUT2D eigenvalue weighted by Crippen LogP contribution is 2.27. The van der Waals surface area contributed by atoms with E-state index in [1.54, 1.807) is 7.11 Å². The van der Waals surface area contributed by atoms with Crippen molar-refractivity contribution in [3.8, 4) is 5.75 Å². The van der Waals surface area contributed by atoms with Crippen LogP contribution in [-0.2, 0) is 0 Å². The van der Waals surface area contributed by atoms with E-state index in [4.69, 9.17) is 16.3 Å². The monoisotopic (exact) mass is 295 g/mol. The van der Waals surface area contributed by atoms with E-state index in [1.165, 1.54) is 0 Å². The van der Waals surface area contributed by atoms with E-state index >= 15 is 0 Å². The highest BCUT2D eigenvalue weighted by atomic mass is 35.5. The van der Waals surface area contributed by atoms with Crippen LogP contribution < -0.4 is 10.1 Å². The average molecular weight is 296 g/mol. The van der Waals surface area contributed by atoms with Gasteiger partial charge in [-0.1, -0.05) is 18.1 Å². The third-order valence-electron chi connectivity index (χ3n) is 3.87. The minimum atomic E-state index is -0.0674. The highest BCUT2D eigenvalue weighted by Gasteiger charge is 2.21. The largest absolute Gasteiger partial charge is 0.496 e. The first-order valence-electron chi connectivity index (χ1n) is 7.17. The zero-order valence-corrected chi connectivity index (χ0v) is 12.9. The molecule has 1 saturated carbocycles. The van der Waals surface area contributed by atoms with Gasteiger partial charge in [0.05, 0.1) is 12.7 Å². The number of methoxy groups -OCH3 is 1. The number of carbonyl (C=O) groups is 1. The Morgan fingerprint density at radius 3 is 2.95 bits per heavy atom. The van der Waals surface area contributed by atoms with Gasteiger partial charge in [0.1, 0.15) is 5.75 Å². The van der Waals surface area contributed by atoms with Crippen LogP contribution >= 0.6 is 11.6 Å². The Bertz CT molecular complexity index is 476. The molecule has 1 aromatic rings. The van der Waals surface area contributed by atoms with Crippen molar-refractivity contribution in [2.24, 2.45) is 5.92 Å². The van der Waals surface area contributed by atoms with Gasteiger partial charge in [0, 0.05) is 11.9 Å². The van der Waals surface area contributed by atoms with Crippen molar-refractivity contribution < 1.29 is 9.53 Å². The van der Waals surface area contributed by atoms with Crippen LogP contribution in [0.5, 0.6) is 5.75 Å². The van der Waals surface area contributed by atoms with Crippen molar-refractivity contribution in [2.45, 2.75) is 38.0 Å².